The second-order valence-electron chi connectivity index (χ2n) is 9.89. The van der Waals surface area contributed by atoms with Gasteiger partial charge in [-0.25, -0.2) is 9.97 Å². The molecule has 3 aliphatic carbocycles. The van der Waals surface area contributed by atoms with Gasteiger partial charge >= 0.3 is 6.18 Å². The lowest BCUT2D eigenvalue weighted by Gasteiger charge is -2.59. The Morgan fingerprint density at radius 1 is 1.19 bits per heavy atom. The average molecular weight is 474 g/mol. The van der Waals surface area contributed by atoms with E-state index in [-0.39, 0.29) is 30.4 Å². The van der Waals surface area contributed by atoms with Gasteiger partial charge in [-0.2, -0.15) is 13.2 Å². The summed E-state index contributed by atoms with van der Waals surface area (Å²) < 4.78 is 49.9. The van der Waals surface area contributed by atoms with Crippen molar-refractivity contribution in [2.75, 3.05) is 24.6 Å². The Labute approximate surface area is 191 Å². The minimum Gasteiger partial charge on any atom is -0.337 e. The molecule has 4 fully saturated rings. The molecule has 2 bridgehead atoms. The summed E-state index contributed by atoms with van der Waals surface area (Å²) in [6, 6.07) is 0. The summed E-state index contributed by atoms with van der Waals surface area (Å²) in [5.74, 6) is 2.98. The molecule has 3 saturated carbocycles. The number of rotatable bonds is 3. The first-order valence-corrected chi connectivity index (χ1v) is 13.0. The number of nitrogens with zero attached hydrogens (tertiary/aromatic N) is 3. The van der Waals surface area contributed by atoms with Gasteiger partial charge in [-0.05, 0) is 49.4 Å². The molecule has 1 saturated heterocycles. The van der Waals surface area contributed by atoms with Crippen LogP contribution >= 0.6 is 0 Å². The molecule has 5 nitrogen and oxygen atoms in total. The van der Waals surface area contributed by atoms with Crippen LogP contribution in [0.1, 0.15) is 74.8 Å². The molecule has 0 radical (unpaired) electrons. The molecule has 0 N–H and O–H groups in total. The quantitative estimate of drug-likeness (QED) is 0.629. The average Bonchev–Trinajstić information content (AvgIpc) is 2.74. The Balaban J connectivity index is 0.000000204. The minimum absolute atomic E-state index is 0.0476. The molecule has 1 aromatic rings. The number of carbonyl (C=O) groups is 1. The van der Waals surface area contributed by atoms with Crippen LogP contribution in [-0.2, 0) is 17.0 Å². The highest BCUT2D eigenvalue weighted by molar-refractivity contribution is 7.85. The molecule has 1 aromatic heterocycles. The summed E-state index contributed by atoms with van der Waals surface area (Å²) in [5.41, 5.74) is -1.07. The van der Waals surface area contributed by atoms with E-state index in [0.717, 1.165) is 24.0 Å². The van der Waals surface area contributed by atoms with E-state index in [0.29, 0.717) is 5.41 Å². The lowest BCUT2D eigenvalue weighted by Crippen LogP contribution is -2.50. The van der Waals surface area contributed by atoms with Crippen molar-refractivity contribution in [2.45, 2.75) is 66.0 Å². The molecule has 4 aliphatic rings. The van der Waals surface area contributed by atoms with Crippen LogP contribution in [0.4, 0.5) is 13.2 Å². The number of alkyl halides is 3. The van der Waals surface area contributed by atoms with E-state index < -0.39 is 34.1 Å². The number of fused-ring (bicyclic) bond motifs is 2. The van der Waals surface area contributed by atoms with Gasteiger partial charge in [0.05, 0.1) is 5.56 Å². The van der Waals surface area contributed by atoms with Gasteiger partial charge in [0.15, 0.2) is 5.69 Å². The highest BCUT2D eigenvalue weighted by Gasteiger charge is 2.52. The normalized spacial score (nSPS) is 27.2. The molecule has 0 aromatic carbocycles. The molecule has 1 aliphatic heterocycles. The maximum Gasteiger partial charge on any atom is 0.434 e. The van der Waals surface area contributed by atoms with Gasteiger partial charge in [0.2, 0.25) is 0 Å². The van der Waals surface area contributed by atoms with Crippen LogP contribution in [0.15, 0.2) is 6.20 Å². The van der Waals surface area contributed by atoms with Crippen LogP contribution in [0.5, 0.6) is 0 Å². The van der Waals surface area contributed by atoms with Crippen molar-refractivity contribution in [1.82, 2.24) is 14.9 Å². The predicted octanol–water partition coefficient (Wildman–Crippen LogP) is 4.87. The summed E-state index contributed by atoms with van der Waals surface area (Å²) in [5, 5.41) is 0. The van der Waals surface area contributed by atoms with Crippen molar-refractivity contribution < 1.29 is 22.2 Å². The first-order chi connectivity index (χ1) is 14.9. The van der Waals surface area contributed by atoms with E-state index in [4.69, 9.17) is 0 Å². The number of amides is 1. The number of carbonyl (C=O) groups excluding carboxylic acids is 1. The lowest BCUT2D eigenvalue weighted by atomic mass is 9.46. The van der Waals surface area contributed by atoms with E-state index in [2.05, 4.69) is 30.7 Å². The standard InChI is InChI=1S/C12H22.C11H12F3N3O2S/c1-4-5-9-6-10-8-11(7-9)12(10,2)3;1-7-15-6-8(9(16-7)11(12,13)14)10(18)17-2-4-20(19)5-3-17/h9-11H,4-8H2,1-3H3;6H,2-5H2,1H3. The van der Waals surface area contributed by atoms with E-state index >= 15 is 0 Å². The number of aromatic nitrogens is 2. The zero-order chi connectivity index (χ0) is 23.7. The van der Waals surface area contributed by atoms with Crippen LogP contribution < -0.4 is 0 Å². The fourth-order valence-electron chi connectivity index (χ4n) is 5.32. The van der Waals surface area contributed by atoms with Gasteiger partial charge in [0, 0.05) is 41.6 Å². The maximum absolute atomic E-state index is 12.9. The third kappa shape index (κ3) is 5.51. The number of aryl methyl sites for hydroxylation is 1. The van der Waals surface area contributed by atoms with Crippen LogP contribution in [-0.4, -0.2) is 49.6 Å². The van der Waals surface area contributed by atoms with Gasteiger partial charge in [0.1, 0.15) is 5.82 Å². The van der Waals surface area contributed by atoms with Crippen molar-refractivity contribution in [1.29, 1.82) is 0 Å². The van der Waals surface area contributed by atoms with Crippen molar-refractivity contribution in [3.05, 3.63) is 23.3 Å². The molecule has 1 amide bonds. The molecule has 0 spiro atoms. The van der Waals surface area contributed by atoms with E-state index in [9.17, 15) is 22.2 Å². The second-order valence-corrected chi connectivity index (χ2v) is 11.6. The number of halogens is 3. The van der Waals surface area contributed by atoms with E-state index in [1.54, 1.807) is 6.42 Å². The fourth-order valence-corrected chi connectivity index (χ4v) is 6.37. The van der Waals surface area contributed by atoms with Gasteiger partial charge in [-0.3, -0.25) is 9.00 Å². The second kappa shape index (κ2) is 9.77. The highest BCUT2D eigenvalue weighted by Crippen LogP contribution is 2.61. The van der Waals surface area contributed by atoms with Crippen LogP contribution in [0.2, 0.25) is 0 Å². The van der Waals surface area contributed by atoms with Crippen molar-refractivity contribution in [3.8, 4) is 0 Å². The van der Waals surface area contributed by atoms with Gasteiger partial charge in [0.25, 0.3) is 5.91 Å². The Morgan fingerprint density at radius 2 is 1.78 bits per heavy atom. The van der Waals surface area contributed by atoms with Gasteiger partial charge in [-0.1, -0.05) is 33.6 Å². The molecule has 180 valence electrons. The first kappa shape index (κ1) is 25.1. The third-order valence-corrected chi connectivity index (χ3v) is 8.75. The Bertz CT molecular complexity index is 835. The van der Waals surface area contributed by atoms with Gasteiger partial charge < -0.3 is 4.90 Å². The molecule has 5 rings (SSSR count). The van der Waals surface area contributed by atoms with Crippen LogP contribution in [0, 0.1) is 30.1 Å². The van der Waals surface area contributed by atoms with E-state index in [1.807, 2.05) is 0 Å². The molecular weight excluding hydrogens is 439 g/mol. The molecule has 2 atom stereocenters. The fraction of sp³-hybridized carbons (Fsp3) is 0.783. The molecule has 2 heterocycles. The summed E-state index contributed by atoms with van der Waals surface area (Å²) in [7, 11) is -1.01. The third-order valence-electron chi connectivity index (χ3n) is 7.48. The topological polar surface area (TPSA) is 63.2 Å². The Hall–Kier alpha value is -1.51. The number of hydrogen-bond acceptors (Lipinski definition) is 4. The van der Waals surface area contributed by atoms with Crippen LogP contribution in [0.25, 0.3) is 0 Å². The summed E-state index contributed by atoms with van der Waals surface area (Å²) >= 11 is 0. The van der Waals surface area contributed by atoms with E-state index in [1.165, 1.54) is 37.5 Å². The van der Waals surface area contributed by atoms with Crippen LogP contribution in [0.3, 0.4) is 0 Å². The monoisotopic (exact) mass is 473 g/mol. The molecule has 2 unspecified atom stereocenters. The Kier molecular flexibility index (Phi) is 7.67. The SMILES string of the molecule is CCCC1CC2CC(C1)C2(C)C.Cc1ncc(C(=O)N2CCS(=O)CC2)c(C(F)(F)F)n1. The summed E-state index contributed by atoms with van der Waals surface area (Å²) in [4.78, 5) is 20.4. The zero-order valence-electron chi connectivity index (χ0n) is 19.4. The lowest BCUT2D eigenvalue weighted by molar-refractivity contribution is -0.141. The minimum atomic E-state index is -4.71. The van der Waals surface area contributed by atoms with Crippen molar-refractivity contribution in [2.24, 2.45) is 23.2 Å². The van der Waals surface area contributed by atoms with Crippen molar-refractivity contribution in [3.63, 3.8) is 0 Å². The molecular formula is C23H34F3N3O2S. The number of hydrogen-bond donors (Lipinski definition) is 0. The smallest absolute Gasteiger partial charge is 0.337 e. The van der Waals surface area contributed by atoms with Crippen molar-refractivity contribution >= 4 is 16.7 Å². The summed E-state index contributed by atoms with van der Waals surface area (Å²) in [6.07, 6.45) is 3.70. The Morgan fingerprint density at radius 3 is 2.28 bits per heavy atom. The highest BCUT2D eigenvalue weighted by atomic mass is 32.2. The zero-order valence-corrected chi connectivity index (χ0v) is 20.2. The largest absolute Gasteiger partial charge is 0.434 e. The summed E-state index contributed by atoms with van der Waals surface area (Å²) in [6.45, 7) is 8.97. The van der Waals surface area contributed by atoms with Gasteiger partial charge in [-0.15, -0.1) is 0 Å². The first-order valence-electron chi connectivity index (χ1n) is 11.5. The maximum atomic E-state index is 12.9. The molecule has 9 heteroatoms. The molecule has 32 heavy (non-hydrogen) atoms. The predicted molar refractivity (Wildman–Crippen MR) is 119 cm³/mol.